The Morgan fingerprint density at radius 3 is 2.53 bits per heavy atom. The number of hydrogen-bond donors (Lipinski definition) is 0. The first kappa shape index (κ1) is 22.2. The predicted molar refractivity (Wildman–Crippen MR) is 119 cm³/mol. The molecule has 1 aliphatic rings. The standard InChI is InChI=1S/C25H33NO4/c1-4-26(22-13-11-19-9-5-6-10-20(19)17-22)15-7-8-16-30-25(27)21-12-14-23(28-2)24(18-21)29-3/h5-6,9-10,12,14,18,22H,4,7-8,11,13,15-17H2,1-3H3. The SMILES string of the molecule is CCN(CCCCOC(=O)c1ccc(OC)c(OC)c1)C1CCc2ccccc2C1. The second-order valence-corrected chi connectivity index (χ2v) is 7.71. The number of ether oxygens (including phenoxy) is 3. The molecule has 30 heavy (non-hydrogen) atoms. The van der Waals surface area contributed by atoms with Crippen LogP contribution in [0.5, 0.6) is 11.5 Å². The predicted octanol–water partition coefficient (Wildman–Crippen LogP) is 4.52. The largest absolute Gasteiger partial charge is 0.493 e. The van der Waals surface area contributed by atoms with Crippen LogP contribution in [0.2, 0.25) is 0 Å². The Balaban J connectivity index is 1.41. The molecule has 0 saturated carbocycles. The van der Waals surface area contributed by atoms with Crippen LogP contribution in [-0.4, -0.2) is 50.8 Å². The van der Waals surface area contributed by atoms with Gasteiger partial charge in [0.2, 0.25) is 0 Å². The van der Waals surface area contributed by atoms with Gasteiger partial charge in [0.1, 0.15) is 0 Å². The van der Waals surface area contributed by atoms with E-state index in [0.29, 0.717) is 29.7 Å². The quantitative estimate of drug-likeness (QED) is 0.425. The number of fused-ring (bicyclic) bond motifs is 1. The Bertz CT molecular complexity index is 836. The summed E-state index contributed by atoms with van der Waals surface area (Å²) in [4.78, 5) is 14.9. The van der Waals surface area contributed by atoms with E-state index in [-0.39, 0.29) is 5.97 Å². The van der Waals surface area contributed by atoms with Gasteiger partial charge < -0.3 is 19.1 Å². The van der Waals surface area contributed by atoms with Gasteiger partial charge in [-0.05, 0) is 74.5 Å². The van der Waals surface area contributed by atoms with E-state index in [0.717, 1.165) is 32.4 Å². The molecular weight excluding hydrogens is 378 g/mol. The molecule has 0 radical (unpaired) electrons. The Morgan fingerprint density at radius 1 is 1.03 bits per heavy atom. The minimum Gasteiger partial charge on any atom is -0.493 e. The molecule has 162 valence electrons. The van der Waals surface area contributed by atoms with Crippen LogP contribution < -0.4 is 9.47 Å². The van der Waals surface area contributed by atoms with Crippen LogP contribution in [0, 0.1) is 0 Å². The summed E-state index contributed by atoms with van der Waals surface area (Å²) in [5, 5.41) is 0. The lowest BCUT2D eigenvalue weighted by atomic mass is 9.87. The molecule has 0 heterocycles. The van der Waals surface area contributed by atoms with Gasteiger partial charge in [0.05, 0.1) is 26.4 Å². The molecule has 0 saturated heterocycles. The normalized spacial score (nSPS) is 15.5. The van der Waals surface area contributed by atoms with Crippen molar-refractivity contribution in [1.82, 2.24) is 4.90 Å². The maximum absolute atomic E-state index is 12.3. The molecule has 0 spiro atoms. The van der Waals surface area contributed by atoms with Gasteiger partial charge in [-0.15, -0.1) is 0 Å². The zero-order valence-corrected chi connectivity index (χ0v) is 18.4. The van der Waals surface area contributed by atoms with Crippen molar-refractivity contribution in [3.05, 3.63) is 59.2 Å². The van der Waals surface area contributed by atoms with Gasteiger partial charge in [-0.25, -0.2) is 4.79 Å². The third-order valence-electron chi connectivity index (χ3n) is 5.94. The summed E-state index contributed by atoms with van der Waals surface area (Å²) in [6.07, 6.45) is 5.40. The third kappa shape index (κ3) is 5.54. The minimum atomic E-state index is -0.327. The van der Waals surface area contributed by atoms with Crippen molar-refractivity contribution in [2.24, 2.45) is 0 Å². The highest BCUT2D eigenvalue weighted by atomic mass is 16.5. The van der Waals surface area contributed by atoms with E-state index in [1.807, 2.05) is 0 Å². The van der Waals surface area contributed by atoms with Crippen molar-refractivity contribution >= 4 is 5.97 Å². The highest BCUT2D eigenvalue weighted by molar-refractivity contribution is 5.90. The van der Waals surface area contributed by atoms with Crippen molar-refractivity contribution in [2.75, 3.05) is 33.9 Å². The number of unbranched alkanes of at least 4 members (excludes halogenated alkanes) is 1. The Morgan fingerprint density at radius 2 is 1.80 bits per heavy atom. The molecule has 0 bridgehead atoms. The van der Waals surface area contributed by atoms with Crippen molar-refractivity contribution in [3.63, 3.8) is 0 Å². The molecule has 3 rings (SSSR count). The van der Waals surface area contributed by atoms with Crippen LogP contribution >= 0.6 is 0 Å². The zero-order valence-electron chi connectivity index (χ0n) is 18.4. The van der Waals surface area contributed by atoms with Crippen LogP contribution in [-0.2, 0) is 17.6 Å². The smallest absolute Gasteiger partial charge is 0.338 e. The first-order chi connectivity index (χ1) is 14.7. The monoisotopic (exact) mass is 411 g/mol. The number of rotatable bonds is 10. The Hall–Kier alpha value is -2.53. The van der Waals surface area contributed by atoms with Gasteiger partial charge in [-0.2, -0.15) is 0 Å². The highest BCUT2D eigenvalue weighted by Crippen LogP contribution is 2.28. The van der Waals surface area contributed by atoms with Crippen LogP contribution in [0.15, 0.2) is 42.5 Å². The molecule has 0 N–H and O–H groups in total. The molecule has 0 amide bonds. The van der Waals surface area contributed by atoms with Gasteiger partial charge in [0.25, 0.3) is 0 Å². The summed E-state index contributed by atoms with van der Waals surface area (Å²) in [5.74, 6) is 0.797. The molecule has 0 aromatic heterocycles. The molecule has 0 fully saturated rings. The van der Waals surface area contributed by atoms with Crippen LogP contribution in [0.1, 0.15) is 47.7 Å². The number of carbonyl (C=O) groups is 1. The van der Waals surface area contributed by atoms with Gasteiger partial charge in [-0.3, -0.25) is 0 Å². The third-order valence-corrected chi connectivity index (χ3v) is 5.94. The highest BCUT2D eigenvalue weighted by Gasteiger charge is 2.22. The first-order valence-electron chi connectivity index (χ1n) is 10.9. The van der Waals surface area contributed by atoms with Crippen LogP contribution in [0.4, 0.5) is 0 Å². The number of esters is 1. The molecule has 1 aliphatic carbocycles. The first-order valence-corrected chi connectivity index (χ1v) is 10.9. The second-order valence-electron chi connectivity index (χ2n) is 7.71. The molecule has 5 heteroatoms. The Labute approximate surface area is 179 Å². The molecule has 2 aromatic carbocycles. The van der Waals surface area contributed by atoms with Gasteiger partial charge in [0, 0.05) is 6.04 Å². The van der Waals surface area contributed by atoms with E-state index in [4.69, 9.17) is 14.2 Å². The van der Waals surface area contributed by atoms with Gasteiger partial charge >= 0.3 is 5.97 Å². The number of carbonyl (C=O) groups excluding carboxylic acids is 1. The summed E-state index contributed by atoms with van der Waals surface area (Å²) >= 11 is 0. The topological polar surface area (TPSA) is 48.0 Å². The number of hydrogen-bond acceptors (Lipinski definition) is 5. The number of aryl methyl sites for hydroxylation is 1. The zero-order chi connectivity index (χ0) is 21.3. The molecule has 2 aromatic rings. The van der Waals surface area contributed by atoms with E-state index >= 15 is 0 Å². The van der Waals surface area contributed by atoms with Crippen molar-refractivity contribution in [2.45, 2.75) is 45.1 Å². The summed E-state index contributed by atoms with van der Waals surface area (Å²) in [6.45, 7) is 4.76. The Kier molecular flexibility index (Phi) is 8.14. The lowest BCUT2D eigenvalue weighted by molar-refractivity contribution is 0.0492. The molecule has 0 aliphatic heterocycles. The average molecular weight is 412 g/mol. The summed E-state index contributed by atoms with van der Waals surface area (Å²) in [5.41, 5.74) is 3.48. The van der Waals surface area contributed by atoms with E-state index in [9.17, 15) is 4.79 Å². The van der Waals surface area contributed by atoms with Crippen molar-refractivity contribution < 1.29 is 19.0 Å². The minimum absolute atomic E-state index is 0.327. The lowest BCUT2D eigenvalue weighted by Crippen LogP contribution is -2.39. The number of nitrogens with zero attached hydrogens (tertiary/aromatic N) is 1. The fraction of sp³-hybridized carbons (Fsp3) is 0.480. The number of likely N-dealkylation sites (N-methyl/N-ethyl adjacent to an activating group) is 1. The van der Waals surface area contributed by atoms with E-state index in [2.05, 4.69) is 36.1 Å². The number of methoxy groups -OCH3 is 2. The van der Waals surface area contributed by atoms with Gasteiger partial charge in [-0.1, -0.05) is 31.2 Å². The fourth-order valence-electron chi connectivity index (χ4n) is 4.22. The summed E-state index contributed by atoms with van der Waals surface area (Å²) in [6, 6.07) is 14.5. The summed E-state index contributed by atoms with van der Waals surface area (Å²) in [7, 11) is 3.12. The molecule has 5 nitrogen and oxygen atoms in total. The maximum Gasteiger partial charge on any atom is 0.338 e. The second kappa shape index (κ2) is 11.0. The molecular formula is C25H33NO4. The van der Waals surface area contributed by atoms with Gasteiger partial charge in [0.15, 0.2) is 11.5 Å². The molecule has 1 atom stereocenters. The van der Waals surface area contributed by atoms with Crippen LogP contribution in [0.3, 0.4) is 0 Å². The van der Waals surface area contributed by atoms with E-state index in [1.165, 1.54) is 24.0 Å². The lowest BCUT2D eigenvalue weighted by Gasteiger charge is -2.34. The van der Waals surface area contributed by atoms with Crippen molar-refractivity contribution in [3.8, 4) is 11.5 Å². The van der Waals surface area contributed by atoms with E-state index < -0.39 is 0 Å². The van der Waals surface area contributed by atoms with Crippen molar-refractivity contribution in [1.29, 1.82) is 0 Å². The molecule has 1 unspecified atom stereocenters. The average Bonchev–Trinajstić information content (AvgIpc) is 2.80. The fourth-order valence-corrected chi connectivity index (χ4v) is 4.22. The summed E-state index contributed by atoms with van der Waals surface area (Å²) < 4.78 is 15.9. The van der Waals surface area contributed by atoms with Crippen LogP contribution in [0.25, 0.3) is 0 Å². The van der Waals surface area contributed by atoms with E-state index in [1.54, 1.807) is 32.4 Å². The maximum atomic E-state index is 12.3. The number of benzene rings is 2.